The third-order valence-corrected chi connectivity index (χ3v) is 4.99. The molecule has 3 rings (SSSR count). The topological polar surface area (TPSA) is 81.7 Å². The molecule has 1 aromatic carbocycles. The molecular formula is C18H24FN3O3. The Kier molecular flexibility index (Phi) is 5.65. The minimum Gasteiger partial charge on any atom is -0.389 e. The Hall–Kier alpha value is -1.99. The van der Waals surface area contributed by atoms with Gasteiger partial charge in [-0.2, -0.15) is 0 Å². The van der Waals surface area contributed by atoms with Crippen LogP contribution in [0, 0.1) is 5.82 Å². The number of benzene rings is 1. The zero-order chi connectivity index (χ0) is 17.8. The van der Waals surface area contributed by atoms with Gasteiger partial charge in [0.25, 0.3) is 0 Å². The maximum Gasteiger partial charge on any atom is 0.234 e. The van der Waals surface area contributed by atoms with Gasteiger partial charge in [-0.1, -0.05) is 12.1 Å². The second kappa shape index (κ2) is 7.93. The summed E-state index contributed by atoms with van der Waals surface area (Å²) in [5.41, 5.74) is 0.777. The van der Waals surface area contributed by atoms with Crippen LogP contribution >= 0.6 is 0 Å². The molecule has 7 heteroatoms. The summed E-state index contributed by atoms with van der Waals surface area (Å²) < 4.78 is 13.2. The third kappa shape index (κ3) is 4.55. The van der Waals surface area contributed by atoms with Crippen molar-refractivity contribution >= 4 is 11.8 Å². The average molecular weight is 349 g/mol. The largest absolute Gasteiger partial charge is 0.389 e. The van der Waals surface area contributed by atoms with Gasteiger partial charge in [-0.25, -0.2) is 4.39 Å². The lowest BCUT2D eigenvalue weighted by Gasteiger charge is -2.34. The van der Waals surface area contributed by atoms with E-state index in [1.807, 2.05) is 4.90 Å². The van der Waals surface area contributed by atoms with Gasteiger partial charge in [0.05, 0.1) is 18.7 Å². The number of hydrogen-bond donors (Lipinski definition) is 3. The van der Waals surface area contributed by atoms with Crippen molar-refractivity contribution < 1.29 is 19.1 Å². The van der Waals surface area contributed by atoms with E-state index in [0.717, 1.165) is 12.0 Å². The summed E-state index contributed by atoms with van der Waals surface area (Å²) in [5.74, 6) is -0.482. The van der Waals surface area contributed by atoms with Crippen LogP contribution in [0.25, 0.3) is 0 Å². The van der Waals surface area contributed by atoms with E-state index in [1.165, 1.54) is 12.1 Å². The van der Waals surface area contributed by atoms with Gasteiger partial charge in [-0.05, 0) is 37.0 Å². The molecule has 6 nitrogen and oxygen atoms in total. The Morgan fingerprint density at radius 3 is 3.00 bits per heavy atom. The van der Waals surface area contributed by atoms with Crippen LogP contribution < -0.4 is 10.6 Å². The summed E-state index contributed by atoms with van der Waals surface area (Å²) in [6.45, 7) is 1.60. The number of rotatable bonds is 5. The fourth-order valence-corrected chi connectivity index (χ4v) is 3.69. The Morgan fingerprint density at radius 1 is 1.40 bits per heavy atom. The number of amides is 2. The number of nitrogens with zero attached hydrogens (tertiary/aromatic N) is 1. The zero-order valence-electron chi connectivity index (χ0n) is 14.1. The number of aliphatic hydroxyl groups excluding tert-OH is 1. The van der Waals surface area contributed by atoms with Crippen molar-refractivity contribution in [3.8, 4) is 0 Å². The van der Waals surface area contributed by atoms with E-state index in [9.17, 15) is 19.1 Å². The van der Waals surface area contributed by atoms with E-state index in [-0.39, 0.29) is 36.1 Å². The molecule has 1 aliphatic heterocycles. The molecule has 1 aliphatic carbocycles. The van der Waals surface area contributed by atoms with Crippen LogP contribution in [0.4, 0.5) is 4.39 Å². The first-order valence-corrected chi connectivity index (χ1v) is 8.75. The molecular weight excluding hydrogens is 325 g/mol. The summed E-state index contributed by atoms with van der Waals surface area (Å²) in [4.78, 5) is 25.6. The van der Waals surface area contributed by atoms with E-state index in [4.69, 9.17) is 0 Å². The third-order valence-electron chi connectivity index (χ3n) is 4.99. The predicted octanol–water partition coefficient (Wildman–Crippen LogP) is 0.198. The van der Waals surface area contributed by atoms with Crippen molar-refractivity contribution in [1.82, 2.24) is 15.5 Å². The molecule has 3 N–H and O–H groups in total. The molecule has 1 aromatic rings. The monoisotopic (exact) mass is 349 g/mol. The van der Waals surface area contributed by atoms with Crippen LogP contribution in [0.2, 0.25) is 0 Å². The van der Waals surface area contributed by atoms with Crippen molar-refractivity contribution in [2.45, 2.75) is 43.9 Å². The Bertz CT molecular complexity index is 640. The van der Waals surface area contributed by atoms with Crippen LogP contribution in [0.15, 0.2) is 24.3 Å². The lowest BCUT2D eigenvalue weighted by atomic mass is 10.1. The summed E-state index contributed by atoms with van der Waals surface area (Å²) >= 11 is 0. The predicted molar refractivity (Wildman–Crippen MR) is 90.3 cm³/mol. The van der Waals surface area contributed by atoms with Crippen LogP contribution in [0.5, 0.6) is 0 Å². The smallest absolute Gasteiger partial charge is 0.234 e. The zero-order valence-corrected chi connectivity index (χ0v) is 14.1. The number of carbonyl (C=O) groups is 2. The van der Waals surface area contributed by atoms with Gasteiger partial charge in [-0.3, -0.25) is 14.5 Å². The normalized spacial score (nSPS) is 27.1. The lowest BCUT2D eigenvalue weighted by molar-refractivity contribution is -0.126. The maximum absolute atomic E-state index is 13.2. The molecule has 1 saturated carbocycles. The van der Waals surface area contributed by atoms with E-state index < -0.39 is 6.10 Å². The minimum atomic E-state index is -0.677. The van der Waals surface area contributed by atoms with Gasteiger partial charge in [0, 0.05) is 25.6 Å². The number of piperazine rings is 1. The molecule has 0 radical (unpaired) electrons. The average Bonchev–Trinajstić information content (AvgIpc) is 2.94. The summed E-state index contributed by atoms with van der Waals surface area (Å²) in [5, 5.41) is 16.2. The Balaban J connectivity index is 1.48. The van der Waals surface area contributed by atoms with Crippen molar-refractivity contribution in [2.75, 3.05) is 19.6 Å². The minimum absolute atomic E-state index is 0.0268. The number of hydrogen-bond acceptors (Lipinski definition) is 4. The molecule has 3 atom stereocenters. The highest BCUT2D eigenvalue weighted by molar-refractivity contribution is 5.78. The van der Waals surface area contributed by atoms with E-state index in [1.54, 1.807) is 12.1 Å². The molecule has 1 saturated heterocycles. The molecule has 136 valence electrons. The van der Waals surface area contributed by atoms with Gasteiger partial charge in [-0.15, -0.1) is 0 Å². The van der Waals surface area contributed by atoms with Crippen LogP contribution in [-0.4, -0.2) is 59.6 Å². The second-order valence-corrected chi connectivity index (χ2v) is 6.76. The molecule has 0 aromatic heterocycles. The quantitative estimate of drug-likeness (QED) is 0.709. The van der Waals surface area contributed by atoms with Crippen LogP contribution in [0.1, 0.15) is 24.8 Å². The van der Waals surface area contributed by atoms with Crippen molar-refractivity contribution in [2.24, 2.45) is 0 Å². The first-order valence-electron chi connectivity index (χ1n) is 8.75. The molecule has 2 amide bonds. The molecule has 0 bridgehead atoms. The van der Waals surface area contributed by atoms with Gasteiger partial charge < -0.3 is 15.7 Å². The number of aliphatic hydroxyl groups is 1. The fraction of sp³-hybridized carbons (Fsp3) is 0.556. The first kappa shape index (κ1) is 17.8. The van der Waals surface area contributed by atoms with Crippen molar-refractivity contribution in [3.05, 3.63) is 35.6 Å². The van der Waals surface area contributed by atoms with E-state index in [2.05, 4.69) is 10.6 Å². The molecule has 1 heterocycles. The van der Waals surface area contributed by atoms with Crippen molar-refractivity contribution in [1.29, 1.82) is 0 Å². The lowest BCUT2D eigenvalue weighted by Crippen LogP contribution is -2.55. The van der Waals surface area contributed by atoms with Crippen molar-refractivity contribution in [3.63, 3.8) is 0 Å². The highest BCUT2D eigenvalue weighted by atomic mass is 19.1. The van der Waals surface area contributed by atoms with Gasteiger partial charge in [0.2, 0.25) is 11.8 Å². The molecule has 2 fully saturated rings. The van der Waals surface area contributed by atoms with E-state index >= 15 is 0 Å². The molecule has 2 aliphatic rings. The first-order chi connectivity index (χ1) is 12.0. The second-order valence-electron chi connectivity index (χ2n) is 6.76. The summed E-state index contributed by atoms with van der Waals surface area (Å²) in [7, 11) is 0. The van der Waals surface area contributed by atoms with Gasteiger partial charge in [0.15, 0.2) is 0 Å². The molecule has 25 heavy (non-hydrogen) atoms. The van der Waals surface area contributed by atoms with Crippen LogP contribution in [-0.2, 0) is 16.0 Å². The Morgan fingerprint density at radius 2 is 2.24 bits per heavy atom. The highest BCUT2D eigenvalue weighted by Crippen LogP contribution is 2.25. The van der Waals surface area contributed by atoms with Gasteiger partial charge >= 0.3 is 0 Å². The molecule has 0 unspecified atom stereocenters. The Labute approximate surface area is 146 Å². The van der Waals surface area contributed by atoms with E-state index in [0.29, 0.717) is 32.5 Å². The summed E-state index contributed by atoms with van der Waals surface area (Å²) in [6.07, 6.45) is 1.48. The fourth-order valence-electron chi connectivity index (χ4n) is 3.69. The summed E-state index contributed by atoms with van der Waals surface area (Å²) in [6, 6.07) is 5.82. The highest BCUT2D eigenvalue weighted by Gasteiger charge is 2.40. The van der Waals surface area contributed by atoms with Gasteiger partial charge in [0.1, 0.15) is 5.82 Å². The SMILES string of the molecule is O=C1CN([C@@H]2CC[C@@H](NC(=O)CCc3cccc(F)c3)[C@H]2O)CCN1. The maximum atomic E-state index is 13.2. The number of aryl methyl sites for hydroxylation is 1. The standard InChI is InChI=1S/C18H24FN3O3/c19-13-3-1-2-12(10-13)4-7-16(23)21-14-5-6-15(18(14)25)22-9-8-20-17(24)11-22/h1-3,10,14-15,18,25H,4-9,11H2,(H,20,24)(H,21,23)/t14-,15-,18-/m1/s1. The van der Waals surface area contributed by atoms with Crippen LogP contribution in [0.3, 0.4) is 0 Å². The molecule has 0 spiro atoms. The number of carbonyl (C=O) groups excluding carboxylic acids is 2. The number of halogens is 1. The number of nitrogens with one attached hydrogen (secondary N) is 2.